The number of fused-ring (bicyclic) bond motifs is 1. The van der Waals surface area contributed by atoms with Gasteiger partial charge >= 0.3 is 5.97 Å². The Kier molecular flexibility index (Phi) is 6.53. The molecule has 1 aliphatic heterocycles. The maximum Gasteiger partial charge on any atom is 0.303 e. The van der Waals surface area contributed by atoms with Gasteiger partial charge in [0.25, 0.3) is 0 Å². The van der Waals surface area contributed by atoms with E-state index in [9.17, 15) is 9.90 Å². The minimum atomic E-state index is -0.691. The lowest BCUT2D eigenvalue weighted by Crippen LogP contribution is -2.33. The third-order valence-electron chi connectivity index (χ3n) is 6.34. The molecule has 1 heterocycles. The molecule has 2 aliphatic carbocycles. The second-order valence-electron chi connectivity index (χ2n) is 7.95. The van der Waals surface area contributed by atoms with E-state index >= 15 is 0 Å². The summed E-state index contributed by atoms with van der Waals surface area (Å²) in [5.74, 6) is 1.51. The molecule has 0 aromatic heterocycles. The maximum atomic E-state index is 10.6. The monoisotopic (exact) mass is 340 g/mol. The number of ether oxygens (including phenoxy) is 2. The van der Waals surface area contributed by atoms with Crippen LogP contribution in [0.3, 0.4) is 0 Å². The van der Waals surface area contributed by atoms with Crippen molar-refractivity contribution in [3.63, 3.8) is 0 Å². The highest BCUT2D eigenvalue weighted by atomic mass is 16.7. The van der Waals surface area contributed by atoms with E-state index in [1.165, 1.54) is 19.3 Å². The van der Waals surface area contributed by atoms with Gasteiger partial charge in [-0.05, 0) is 62.7 Å². The molecule has 5 nitrogen and oxygen atoms in total. The second-order valence-corrected chi connectivity index (χ2v) is 7.95. The van der Waals surface area contributed by atoms with Crippen LogP contribution < -0.4 is 0 Å². The molecule has 1 saturated heterocycles. The summed E-state index contributed by atoms with van der Waals surface area (Å²) in [6.07, 6.45) is 10.0. The Morgan fingerprint density at radius 3 is 2.75 bits per heavy atom. The number of hydrogen-bond acceptors (Lipinski definition) is 4. The summed E-state index contributed by atoms with van der Waals surface area (Å²) in [6.45, 7) is 1.01. The number of aliphatic hydroxyl groups is 1. The number of carboxylic acids is 1. The van der Waals surface area contributed by atoms with Crippen molar-refractivity contribution in [2.45, 2.75) is 76.6 Å². The first-order valence-electron chi connectivity index (χ1n) is 9.77. The smallest absolute Gasteiger partial charge is 0.303 e. The Bertz CT molecular complexity index is 407. The summed E-state index contributed by atoms with van der Waals surface area (Å²) in [5.41, 5.74) is 0. The fourth-order valence-electron chi connectivity index (χ4n) is 5.19. The number of rotatable bonds is 8. The Balaban J connectivity index is 1.44. The van der Waals surface area contributed by atoms with E-state index in [0.717, 1.165) is 45.1 Å². The van der Waals surface area contributed by atoms with Crippen molar-refractivity contribution in [1.82, 2.24) is 0 Å². The molecule has 0 radical (unpaired) electrons. The van der Waals surface area contributed by atoms with E-state index < -0.39 is 5.97 Å². The van der Waals surface area contributed by atoms with E-state index in [-0.39, 0.29) is 31.3 Å². The number of aliphatic carboxylic acids is 1. The van der Waals surface area contributed by atoms with Crippen molar-refractivity contribution >= 4 is 5.97 Å². The van der Waals surface area contributed by atoms with Crippen LogP contribution in [-0.2, 0) is 14.3 Å². The second kappa shape index (κ2) is 8.63. The molecular weight excluding hydrogens is 308 g/mol. The molecule has 24 heavy (non-hydrogen) atoms. The average molecular weight is 340 g/mol. The quantitative estimate of drug-likeness (QED) is 0.664. The van der Waals surface area contributed by atoms with Crippen LogP contribution in [0.25, 0.3) is 0 Å². The third-order valence-corrected chi connectivity index (χ3v) is 6.34. The fourth-order valence-corrected chi connectivity index (χ4v) is 5.19. The minimum Gasteiger partial charge on any atom is -0.481 e. The molecular formula is C19H32O5. The number of aliphatic hydroxyl groups excluding tert-OH is 1. The van der Waals surface area contributed by atoms with Crippen molar-refractivity contribution in [3.05, 3.63) is 0 Å². The van der Waals surface area contributed by atoms with Gasteiger partial charge in [-0.3, -0.25) is 4.79 Å². The van der Waals surface area contributed by atoms with E-state index in [1.54, 1.807) is 0 Å². The first-order valence-corrected chi connectivity index (χ1v) is 9.77. The van der Waals surface area contributed by atoms with Crippen LogP contribution in [-0.4, -0.2) is 41.8 Å². The van der Waals surface area contributed by atoms with Crippen LogP contribution in [0, 0.1) is 23.7 Å². The van der Waals surface area contributed by atoms with Crippen molar-refractivity contribution in [3.8, 4) is 0 Å². The highest BCUT2D eigenvalue weighted by Gasteiger charge is 2.49. The Labute approximate surface area is 144 Å². The van der Waals surface area contributed by atoms with Crippen molar-refractivity contribution in [1.29, 1.82) is 0 Å². The summed E-state index contributed by atoms with van der Waals surface area (Å²) in [4.78, 5) is 10.6. The van der Waals surface area contributed by atoms with Crippen LogP contribution in [0.15, 0.2) is 0 Å². The summed E-state index contributed by atoms with van der Waals surface area (Å²) in [5, 5.41) is 18.6. The highest BCUT2D eigenvalue weighted by Crippen LogP contribution is 2.52. The molecule has 0 bridgehead atoms. The van der Waals surface area contributed by atoms with Gasteiger partial charge in [0.05, 0.1) is 6.10 Å². The van der Waals surface area contributed by atoms with E-state index in [4.69, 9.17) is 14.6 Å². The molecule has 3 fully saturated rings. The molecule has 0 amide bonds. The number of unbranched alkanes of at least 4 members (excludes halogenated alkanes) is 1. The number of carbonyl (C=O) groups is 1. The van der Waals surface area contributed by atoms with E-state index in [1.807, 2.05) is 0 Å². The molecule has 0 aromatic rings. The molecule has 0 spiro atoms. The molecule has 3 aliphatic rings. The fraction of sp³-hybridized carbons (Fsp3) is 0.947. The lowest BCUT2D eigenvalue weighted by molar-refractivity contribution is -0.198. The standard InChI is InChI=1S/C19H32O5/c20-12-16-15-10-13(5-1-2-6-18(21)22)9-14(15)11-17(16)24-19-7-3-4-8-23-19/h13-17,19-20H,1-12H2,(H,21,22)/t13?,14-,15-,16+,17?,19?/m0/s1. The largest absolute Gasteiger partial charge is 0.481 e. The number of carboxylic acid groups (broad SMARTS) is 1. The summed E-state index contributed by atoms with van der Waals surface area (Å²) >= 11 is 0. The zero-order valence-corrected chi connectivity index (χ0v) is 14.6. The van der Waals surface area contributed by atoms with Gasteiger partial charge in [0.15, 0.2) is 6.29 Å². The Morgan fingerprint density at radius 1 is 1.17 bits per heavy atom. The molecule has 138 valence electrons. The molecule has 2 saturated carbocycles. The van der Waals surface area contributed by atoms with E-state index in [0.29, 0.717) is 17.8 Å². The van der Waals surface area contributed by atoms with E-state index in [2.05, 4.69) is 0 Å². The molecule has 6 atom stereocenters. The molecule has 0 aromatic carbocycles. The Morgan fingerprint density at radius 2 is 2.04 bits per heavy atom. The summed E-state index contributed by atoms with van der Waals surface area (Å²) in [6, 6.07) is 0. The Hall–Kier alpha value is -0.650. The third kappa shape index (κ3) is 4.50. The predicted molar refractivity (Wildman–Crippen MR) is 89.5 cm³/mol. The van der Waals surface area contributed by atoms with Gasteiger partial charge in [-0.15, -0.1) is 0 Å². The zero-order valence-electron chi connectivity index (χ0n) is 14.6. The lowest BCUT2D eigenvalue weighted by Gasteiger charge is -2.30. The summed E-state index contributed by atoms with van der Waals surface area (Å²) < 4.78 is 11.9. The predicted octanol–water partition coefficient (Wildman–Crippen LogP) is 3.20. The highest BCUT2D eigenvalue weighted by molar-refractivity contribution is 5.66. The van der Waals surface area contributed by atoms with Gasteiger partial charge in [0, 0.05) is 25.6 Å². The molecule has 3 unspecified atom stereocenters. The van der Waals surface area contributed by atoms with Gasteiger partial charge in [-0.2, -0.15) is 0 Å². The van der Waals surface area contributed by atoms with Gasteiger partial charge in [0.2, 0.25) is 0 Å². The first kappa shape index (κ1) is 18.2. The van der Waals surface area contributed by atoms with Gasteiger partial charge < -0.3 is 19.7 Å². The van der Waals surface area contributed by atoms with Crippen LogP contribution in [0.1, 0.15) is 64.2 Å². The molecule has 2 N–H and O–H groups in total. The minimum absolute atomic E-state index is 0.0663. The van der Waals surface area contributed by atoms with Crippen LogP contribution in [0.2, 0.25) is 0 Å². The van der Waals surface area contributed by atoms with Crippen LogP contribution in [0.4, 0.5) is 0 Å². The number of hydrogen-bond donors (Lipinski definition) is 2. The van der Waals surface area contributed by atoms with Crippen LogP contribution >= 0.6 is 0 Å². The van der Waals surface area contributed by atoms with Crippen molar-refractivity contribution in [2.24, 2.45) is 23.7 Å². The van der Waals surface area contributed by atoms with Gasteiger partial charge in [0.1, 0.15) is 0 Å². The van der Waals surface area contributed by atoms with Gasteiger partial charge in [-0.1, -0.05) is 12.8 Å². The maximum absolute atomic E-state index is 10.6. The SMILES string of the molecule is O=C(O)CCCCC1C[C@H]2CC(OC3CCCCO3)[C@H](CO)[C@H]2C1. The normalized spacial score (nSPS) is 39.0. The topological polar surface area (TPSA) is 76.0 Å². The molecule has 3 rings (SSSR count). The van der Waals surface area contributed by atoms with Gasteiger partial charge in [-0.25, -0.2) is 0 Å². The lowest BCUT2D eigenvalue weighted by atomic mass is 9.90. The zero-order chi connectivity index (χ0) is 16.9. The van der Waals surface area contributed by atoms with Crippen molar-refractivity contribution in [2.75, 3.05) is 13.2 Å². The van der Waals surface area contributed by atoms with Crippen molar-refractivity contribution < 1.29 is 24.5 Å². The van der Waals surface area contributed by atoms with Crippen LogP contribution in [0.5, 0.6) is 0 Å². The average Bonchev–Trinajstić information content (AvgIpc) is 3.09. The summed E-state index contributed by atoms with van der Waals surface area (Å²) in [7, 11) is 0. The molecule has 5 heteroatoms. The first-order chi connectivity index (χ1) is 11.7.